The smallest absolute Gasteiger partial charge is 0.0231 e. The van der Waals surface area contributed by atoms with E-state index in [-0.39, 0.29) is 0 Å². The van der Waals surface area contributed by atoms with Crippen molar-refractivity contribution in [3.63, 3.8) is 0 Å². The predicted molar refractivity (Wildman–Crippen MR) is 197 cm³/mol. The fraction of sp³-hybridized carbons (Fsp3) is 0.432. The number of allylic oxidation sites excluding steroid dienone is 11. The van der Waals surface area contributed by atoms with Crippen molar-refractivity contribution in [2.75, 3.05) is 0 Å². The molecule has 6 atom stereocenters. The van der Waals surface area contributed by atoms with Crippen LogP contribution >= 0.6 is 0 Å². The lowest BCUT2D eigenvalue weighted by atomic mass is 9.61. The summed E-state index contributed by atoms with van der Waals surface area (Å²) in [6, 6.07) is 20.4. The van der Waals surface area contributed by atoms with Crippen LogP contribution in [0.1, 0.15) is 115 Å². The van der Waals surface area contributed by atoms with Gasteiger partial charge in [-0.3, -0.25) is 4.99 Å². The van der Waals surface area contributed by atoms with Crippen LogP contribution in [0.25, 0.3) is 5.57 Å². The molecule has 1 saturated carbocycles. The minimum Gasteiger partial charge on any atom is -0.269 e. The Bertz CT molecular complexity index is 1480. The molecular weight excluding hydrogens is 542 g/mol. The maximum absolute atomic E-state index is 4.53. The van der Waals surface area contributed by atoms with Crippen LogP contribution in [0.15, 0.2) is 125 Å². The van der Waals surface area contributed by atoms with E-state index in [1.54, 1.807) is 11.1 Å². The van der Waals surface area contributed by atoms with Crippen LogP contribution in [0.4, 0.5) is 0 Å². The summed E-state index contributed by atoms with van der Waals surface area (Å²) in [6.07, 6.45) is 30.2. The molecule has 0 spiro atoms. The summed E-state index contributed by atoms with van der Waals surface area (Å²) in [4.78, 5) is 4.53. The number of nitrogens with zero attached hydrogens (tertiary/aromatic N) is 1. The SMILES string of the molecule is C/C=C\C(C(C)C1=C(/C(=C(/C=C\CC)CC)c2ccccc2)C=CCC1)C1CCCC(c2ccccc2C2C=NC=CC2)C1C. The molecule has 2 aromatic carbocycles. The first kappa shape index (κ1) is 32.9. The van der Waals surface area contributed by atoms with Crippen molar-refractivity contribution < 1.29 is 0 Å². The fourth-order valence-electron chi connectivity index (χ4n) is 8.55. The molecule has 45 heavy (non-hydrogen) atoms. The van der Waals surface area contributed by atoms with Crippen LogP contribution in [-0.4, -0.2) is 6.21 Å². The second-order valence-electron chi connectivity index (χ2n) is 13.4. The third-order valence-corrected chi connectivity index (χ3v) is 10.8. The molecule has 0 amide bonds. The summed E-state index contributed by atoms with van der Waals surface area (Å²) in [5.74, 6) is 3.24. The standard InChI is InChI=1S/C44H55N/c1-6-9-20-34(8-3)44(35-21-11-10-12-22-35)43-27-16-13-24-40(43)32(4)37(19-7-2)38-28-17-29-39(33(38)5)42-26-15-14-25-41(42)36-23-18-30-45-31-36/h7,9-12,14-16,18-22,25-27,30-33,36-39H,6,8,13,17,23-24,28-29H2,1-5H3/b19-7-,20-9-,44-34+. The van der Waals surface area contributed by atoms with Gasteiger partial charge < -0.3 is 0 Å². The van der Waals surface area contributed by atoms with Gasteiger partial charge in [0.25, 0.3) is 0 Å². The Labute approximate surface area is 274 Å². The largest absolute Gasteiger partial charge is 0.269 e. The van der Waals surface area contributed by atoms with Gasteiger partial charge in [-0.05, 0) is 115 Å². The second-order valence-corrected chi connectivity index (χ2v) is 13.4. The summed E-state index contributed by atoms with van der Waals surface area (Å²) in [5.41, 5.74) is 10.4. The number of aliphatic imine (C=N–C) groups is 1. The summed E-state index contributed by atoms with van der Waals surface area (Å²) in [7, 11) is 0. The van der Waals surface area contributed by atoms with Crippen LogP contribution in [0.3, 0.4) is 0 Å². The molecule has 1 fully saturated rings. The van der Waals surface area contributed by atoms with Crippen LogP contribution in [-0.2, 0) is 0 Å². The molecule has 1 heterocycles. The average Bonchev–Trinajstić information content (AvgIpc) is 3.10. The molecule has 1 heteroatoms. The van der Waals surface area contributed by atoms with Crippen LogP contribution < -0.4 is 0 Å². The van der Waals surface area contributed by atoms with Gasteiger partial charge in [0.15, 0.2) is 0 Å². The number of rotatable bonds is 11. The molecule has 5 rings (SSSR count). The summed E-state index contributed by atoms with van der Waals surface area (Å²) in [6.45, 7) is 11.9. The highest BCUT2D eigenvalue weighted by molar-refractivity contribution is 5.86. The Hall–Kier alpha value is -3.45. The Balaban J connectivity index is 1.54. The molecular formula is C44H55N. The molecule has 2 aliphatic carbocycles. The lowest BCUT2D eigenvalue weighted by Gasteiger charge is -2.43. The van der Waals surface area contributed by atoms with Crippen molar-refractivity contribution in [2.45, 2.75) is 97.8 Å². The van der Waals surface area contributed by atoms with Crippen LogP contribution in [0.2, 0.25) is 0 Å². The van der Waals surface area contributed by atoms with E-state index >= 15 is 0 Å². The second kappa shape index (κ2) is 16.2. The monoisotopic (exact) mass is 597 g/mol. The van der Waals surface area contributed by atoms with Gasteiger partial charge in [0.2, 0.25) is 0 Å². The van der Waals surface area contributed by atoms with E-state index in [0.717, 1.165) is 32.1 Å². The third-order valence-electron chi connectivity index (χ3n) is 10.8. The zero-order valence-electron chi connectivity index (χ0n) is 28.5. The Morgan fingerprint density at radius 2 is 1.76 bits per heavy atom. The maximum atomic E-state index is 4.53. The molecule has 236 valence electrons. The number of hydrogen-bond acceptors (Lipinski definition) is 1. The molecule has 3 aliphatic rings. The summed E-state index contributed by atoms with van der Waals surface area (Å²) >= 11 is 0. The molecule has 0 bridgehead atoms. The van der Waals surface area contributed by atoms with Crippen molar-refractivity contribution in [3.8, 4) is 0 Å². The van der Waals surface area contributed by atoms with E-state index in [1.807, 2.05) is 6.20 Å². The minimum absolute atomic E-state index is 0.392. The first-order chi connectivity index (χ1) is 22.1. The van der Waals surface area contributed by atoms with Gasteiger partial charge in [-0.1, -0.05) is 137 Å². The molecule has 0 aromatic heterocycles. The fourth-order valence-corrected chi connectivity index (χ4v) is 8.55. The molecule has 0 N–H and O–H groups in total. The van der Waals surface area contributed by atoms with Crippen LogP contribution in [0, 0.1) is 23.7 Å². The quantitative estimate of drug-likeness (QED) is 0.180. The predicted octanol–water partition coefficient (Wildman–Crippen LogP) is 12.6. The maximum Gasteiger partial charge on any atom is 0.0231 e. The van der Waals surface area contributed by atoms with E-state index in [2.05, 4.69) is 143 Å². The Kier molecular flexibility index (Phi) is 11.9. The lowest BCUT2D eigenvalue weighted by molar-refractivity contribution is 0.150. The van der Waals surface area contributed by atoms with Gasteiger partial charge in [0.1, 0.15) is 0 Å². The molecule has 0 radical (unpaired) electrons. The van der Waals surface area contributed by atoms with Gasteiger partial charge in [0, 0.05) is 18.3 Å². The minimum atomic E-state index is 0.392. The van der Waals surface area contributed by atoms with E-state index < -0.39 is 0 Å². The molecule has 1 aliphatic heterocycles. The van der Waals surface area contributed by atoms with Crippen molar-refractivity contribution >= 4 is 11.8 Å². The summed E-state index contributed by atoms with van der Waals surface area (Å²) in [5, 5.41) is 0. The first-order valence-corrected chi connectivity index (χ1v) is 17.8. The zero-order chi connectivity index (χ0) is 31.6. The normalized spacial score (nSPS) is 25.6. The Morgan fingerprint density at radius 1 is 0.978 bits per heavy atom. The van der Waals surface area contributed by atoms with Crippen molar-refractivity contribution in [1.82, 2.24) is 0 Å². The molecule has 1 nitrogen and oxygen atoms in total. The third kappa shape index (κ3) is 7.51. The zero-order valence-corrected chi connectivity index (χ0v) is 28.5. The Morgan fingerprint density at radius 3 is 2.47 bits per heavy atom. The van der Waals surface area contributed by atoms with Crippen molar-refractivity contribution in [2.24, 2.45) is 28.7 Å². The van der Waals surface area contributed by atoms with E-state index in [1.165, 1.54) is 47.1 Å². The summed E-state index contributed by atoms with van der Waals surface area (Å²) < 4.78 is 0. The average molecular weight is 598 g/mol. The number of benzene rings is 2. The first-order valence-electron chi connectivity index (χ1n) is 17.8. The van der Waals surface area contributed by atoms with Gasteiger partial charge in [0.05, 0.1) is 0 Å². The van der Waals surface area contributed by atoms with E-state index in [9.17, 15) is 0 Å². The van der Waals surface area contributed by atoms with Gasteiger partial charge in [-0.25, -0.2) is 0 Å². The van der Waals surface area contributed by atoms with E-state index in [4.69, 9.17) is 0 Å². The number of hydrogen-bond donors (Lipinski definition) is 0. The highest BCUT2D eigenvalue weighted by atomic mass is 14.7. The highest BCUT2D eigenvalue weighted by Gasteiger charge is 2.39. The van der Waals surface area contributed by atoms with Gasteiger partial charge >= 0.3 is 0 Å². The van der Waals surface area contributed by atoms with Crippen LogP contribution in [0.5, 0.6) is 0 Å². The van der Waals surface area contributed by atoms with Crippen molar-refractivity contribution in [1.29, 1.82) is 0 Å². The van der Waals surface area contributed by atoms with E-state index in [0.29, 0.717) is 35.5 Å². The topological polar surface area (TPSA) is 12.4 Å². The highest BCUT2D eigenvalue weighted by Crippen LogP contribution is 2.50. The van der Waals surface area contributed by atoms with Crippen molar-refractivity contribution in [3.05, 3.63) is 137 Å². The van der Waals surface area contributed by atoms with Gasteiger partial charge in [-0.15, -0.1) is 0 Å². The molecule has 0 saturated heterocycles. The molecule has 2 aromatic rings. The molecule has 6 unspecified atom stereocenters. The van der Waals surface area contributed by atoms with Gasteiger partial charge in [-0.2, -0.15) is 0 Å². The lowest BCUT2D eigenvalue weighted by Crippen LogP contribution is -2.34.